The van der Waals surface area contributed by atoms with Gasteiger partial charge in [0.2, 0.25) is 0 Å². The van der Waals surface area contributed by atoms with E-state index in [1.165, 1.54) is 12.1 Å². The Hall–Kier alpha value is -2.52. The van der Waals surface area contributed by atoms with Crippen molar-refractivity contribution in [2.24, 2.45) is 7.05 Å². The van der Waals surface area contributed by atoms with Crippen LogP contribution in [0, 0.1) is 6.92 Å². The SMILES string of the molecule is Cc1nnc(N[C@H](C)c2cccc(C(F)F)c2)c2cc(S3(C)CCN(C)CC3)c(=O)n(C)c12. The summed E-state index contributed by atoms with van der Waals surface area (Å²) in [6.07, 6.45) is -0.275. The molecule has 1 atom stereocenters. The van der Waals surface area contributed by atoms with Crippen molar-refractivity contribution < 1.29 is 8.78 Å². The zero-order valence-corrected chi connectivity index (χ0v) is 20.5. The largest absolute Gasteiger partial charge is 0.361 e. The Labute approximate surface area is 194 Å². The van der Waals surface area contributed by atoms with E-state index in [0.717, 1.165) is 46.0 Å². The molecule has 9 heteroatoms. The second-order valence-electron chi connectivity index (χ2n) is 9.09. The molecule has 3 aromatic rings. The number of aryl methyl sites for hydroxylation is 2. The molecule has 1 aliphatic heterocycles. The molecule has 178 valence electrons. The van der Waals surface area contributed by atoms with E-state index >= 15 is 0 Å². The van der Waals surface area contributed by atoms with Crippen LogP contribution in [-0.4, -0.2) is 57.6 Å². The van der Waals surface area contributed by atoms with Crippen LogP contribution in [0.2, 0.25) is 0 Å². The fourth-order valence-corrected chi connectivity index (χ4v) is 7.45. The van der Waals surface area contributed by atoms with Gasteiger partial charge in [-0.05, 0) is 56.4 Å². The normalized spacial score (nSPS) is 18.4. The lowest BCUT2D eigenvalue weighted by Gasteiger charge is -2.42. The zero-order valence-electron chi connectivity index (χ0n) is 19.7. The van der Waals surface area contributed by atoms with Gasteiger partial charge in [0.1, 0.15) is 0 Å². The van der Waals surface area contributed by atoms with Crippen LogP contribution < -0.4 is 10.9 Å². The van der Waals surface area contributed by atoms with Gasteiger partial charge in [-0.2, -0.15) is 5.10 Å². The van der Waals surface area contributed by atoms with Gasteiger partial charge in [0.05, 0.1) is 22.1 Å². The number of fused-ring (bicyclic) bond motifs is 1. The first-order valence-electron chi connectivity index (χ1n) is 11.0. The quantitative estimate of drug-likeness (QED) is 0.589. The summed E-state index contributed by atoms with van der Waals surface area (Å²) < 4.78 is 28.0. The fraction of sp³-hybridized carbons (Fsp3) is 0.458. The molecular weight excluding hydrogens is 444 g/mol. The Kier molecular flexibility index (Phi) is 6.46. The van der Waals surface area contributed by atoms with Crippen molar-refractivity contribution in [3.05, 3.63) is 57.5 Å². The molecule has 0 unspecified atom stereocenters. The lowest BCUT2D eigenvalue weighted by molar-refractivity contribution is 0.151. The Morgan fingerprint density at radius 1 is 1.09 bits per heavy atom. The van der Waals surface area contributed by atoms with E-state index in [-0.39, 0.29) is 17.2 Å². The Balaban J connectivity index is 1.80. The first-order chi connectivity index (χ1) is 15.6. The van der Waals surface area contributed by atoms with Gasteiger partial charge in [0.25, 0.3) is 12.0 Å². The Bertz CT molecular complexity index is 1240. The van der Waals surface area contributed by atoms with E-state index in [0.29, 0.717) is 11.5 Å². The molecular formula is C24H31F2N5OS. The smallest absolute Gasteiger partial charge is 0.263 e. The van der Waals surface area contributed by atoms with Crippen molar-refractivity contribution in [2.45, 2.75) is 31.2 Å². The molecule has 1 fully saturated rings. The van der Waals surface area contributed by atoms with Gasteiger partial charge in [-0.3, -0.25) is 4.79 Å². The van der Waals surface area contributed by atoms with E-state index < -0.39 is 16.5 Å². The summed E-state index contributed by atoms with van der Waals surface area (Å²) in [7, 11) is 2.65. The fourth-order valence-electron chi connectivity index (χ4n) is 4.41. The molecule has 1 aromatic carbocycles. The van der Waals surface area contributed by atoms with Gasteiger partial charge in [-0.25, -0.2) is 18.8 Å². The number of aromatic nitrogens is 3. The number of hydrogen-bond acceptors (Lipinski definition) is 5. The van der Waals surface area contributed by atoms with Crippen LogP contribution in [0.15, 0.2) is 40.0 Å². The molecule has 0 aliphatic carbocycles. The van der Waals surface area contributed by atoms with E-state index in [1.54, 1.807) is 17.7 Å². The van der Waals surface area contributed by atoms with E-state index in [1.807, 2.05) is 26.0 Å². The molecule has 33 heavy (non-hydrogen) atoms. The number of rotatable bonds is 5. The predicted octanol–water partition coefficient (Wildman–Crippen LogP) is 4.49. The maximum absolute atomic E-state index is 13.4. The number of hydrogen-bond donors (Lipinski definition) is 1. The second kappa shape index (κ2) is 9.02. The van der Waals surface area contributed by atoms with Crippen molar-refractivity contribution in [1.82, 2.24) is 19.7 Å². The second-order valence-corrected chi connectivity index (χ2v) is 12.9. The summed E-state index contributed by atoms with van der Waals surface area (Å²) in [6.45, 7) is 5.70. The van der Waals surface area contributed by atoms with Gasteiger partial charge in [0, 0.05) is 31.1 Å². The van der Waals surface area contributed by atoms with E-state index in [2.05, 4.69) is 33.7 Å². The zero-order chi connectivity index (χ0) is 23.9. The summed E-state index contributed by atoms with van der Waals surface area (Å²) in [4.78, 5) is 16.6. The molecule has 1 saturated heterocycles. The van der Waals surface area contributed by atoms with Crippen LogP contribution in [0.3, 0.4) is 0 Å². The number of benzene rings is 1. The highest BCUT2D eigenvalue weighted by Crippen LogP contribution is 2.52. The number of nitrogens with zero attached hydrogens (tertiary/aromatic N) is 4. The molecule has 2 aromatic heterocycles. The van der Waals surface area contributed by atoms with Crippen LogP contribution >= 0.6 is 10.0 Å². The third-order valence-electron chi connectivity index (χ3n) is 6.67. The standard InChI is InChI=1S/C24H31F2N5OS/c1-15(17-7-6-8-18(13-17)22(25)26)27-23-19-14-20(33(5)11-9-30(3)10-12-33)24(32)31(4)21(19)16(2)28-29-23/h6-8,13-15,22H,9-12H2,1-5H3,(H,27,29)/t15-/m1/s1. The van der Waals surface area contributed by atoms with Crippen molar-refractivity contribution >= 4 is 26.7 Å². The highest BCUT2D eigenvalue weighted by atomic mass is 32.3. The number of halogens is 2. The average molecular weight is 476 g/mol. The molecule has 0 saturated carbocycles. The molecule has 1 aliphatic rings. The molecule has 0 radical (unpaired) electrons. The maximum atomic E-state index is 13.4. The van der Waals surface area contributed by atoms with Gasteiger partial charge in [0.15, 0.2) is 5.82 Å². The topological polar surface area (TPSA) is 63.1 Å². The van der Waals surface area contributed by atoms with Gasteiger partial charge >= 0.3 is 0 Å². The minimum atomic E-state index is -2.52. The third kappa shape index (κ3) is 4.48. The minimum absolute atomic E-state index is 0.00975. The van der Waals surface area contributed by atoms with Crippen molar-refractivity contribution in [3.63, 3.8) is 0 Å². The maximum Gasteiger partial charge on any atom is 0.263 e. The van der Waals surface area contributed by atoms with E-state index in [4.69, 9.17) is 0 Å². The van der Waals surface area contributed by atoms with Crippen molar-refractivity contribution in [2.75, 3.05) is 43.2 Å². The summed E-state index contributed by atoms with van der Waals surface area (Å²) in [5.74, 6) is 2.53. The Morgan fingerprint density at radius 2 is 1.76 bits per heavy atom. The minimum Gasteiger partial charge on any atom is -0.361 e. The number of nitrogens with one attached hydrogen (secondary N) is 1. The van der Waals surface area contributed by atoms with E-state index in [9.17, 15) is 13.6 Å². The van der Waals surface area contributed by atoms with Gasteiger partial charge in [-0.15, -0.1) is 5.10 Å². The molecule has 0 bridgehead atoms. The first kappa shape index (κ1) is 23.6. The van der Waals surface area contributed by atoms with Crippen molar-refractivity contribution in [3.8, 4) is 0 Å². The first-order valence-corrected chi connectivity index (χ1v) is 13.4. The highest BCUT2D eigenvalue weighted by Gasteiger charge is 2.30. The molecule has 1 N–H and O–H groups in total. The van der Waals surface area contributed by atoms with Gasteiger partial charge < -0.3 is 14.8 Å². The van der Waals surface area contributed by atoms with Gasteiger partial charge in [-0.1, -0.05) is 18.2 Å². The van der Waals surface area contributed by atoms with Crippen LogP contribution in [0.4, 0.5) is 14.6 Å². The molecule has 0 spiro atoms. The molecule has 6 nitrogen and oxygen atoms in total. The number of pyridine rings is 1. The van der Waals surface area contributed by atoms with Crippen LogP contribution in [0.1, 0.15) is 36.2 Å². The summed E-state index contributed by atoms with van der Waals surface area (Å²) in [5, 5.41) is 12.9. The van der Waals surface area contributed by atoms with Crippen LogP contribution in [-0.2, 0) is 7.05 Å². The van der Waals surface area contributed by atoms with Crippen LogP contribution in [0.5, 0.6) is 0 Å². The molecule has 4 rings (SSSR count). The lowest BCUT2D eigenvalue weighted by Crippen LogP contribution is -2.37. The predicted molar refractivity (Wildman–Crippen MR) is 132 cm³/mol. The lowest BCUT2D eigenvalue weighted by atomic mass is 10.1. The highest BCUT2D eigenvalue weighted by molar-refractivity contribution is 8.33. The van der Waals surface area contributed by atoms with Crippen LogP contribution in [0.25, 0.3) is 10.9 Å². The molecule has 0 amide bonds. The monoisotopic (exact) mass is 475 g/mol. The summed E-state index contributed by atoms with van der Waals surface area (Å²) in [5.41, 5.74) is 2.18. The van der Waals surface area contributed by atoms with Crippen molar-refractivity contribution in [1.29, 1.82) is 0 Å². The number of alkyl halides is 2. The molecule has 3 heterocycles. The third-order valence-corrected chi connectivity index (χ3v) is 10.2. The Morgan fingerprint density at radius 3 is 2.42 bits per heavy atom. The summed E-state index contributed by atoms with van der Waals surface area (Å²) >= 11 is 0. The summed E-state index contributed by atoms with van der Waals surface area (Å²) in [6, 6.07) is 8.13. The number of anilines is 1. The average Bonchev–Trinajstić information content (AvgIpc) is 2.79.